The molecule has 9 rings (SSSR count). The summed E-state index contributed by atoms with van der Waals surface area (Å²) in [6.07, 6.45) is 7.81. The molecule has 2 aliphatic heterocycles. The lowest BCUT2D eigenvalue weighted by Crippen LogP contribution is -2.29. The standard InChI is InChI=1S/C36H32N2O2/c1-3-13-37(14-4-1)27-9-7-23-19-30-29-11-12-32-35(36(29)40-33(30)21-25(23)17-27)31-20-24-8-10-28(38-15-5-2-6-16-38)18-26(24)22-34(31)39-32/h7-12,17-22H,1-6,13-16H2. The second-order valence-electron chi connectivity index (χ2n) is 11.9. The van der Waals surface area contributed by atoms with Crippen LogP contribution in [0.1, 0.15) is 38.5 Å². The predicted octanol–water partition coefficient (Wildman–Crippen LogP) is 9.77. The van der Waals surface area contributed by atoms with Gasteiger partial charge in [-0.3, -0.25) is 0 Å². The molecule has 0 unspecified atom stereocenters. The first-order valence-electron chi connectivity index (χ1n) is 15.0. The lowest BCUT2D eigenvalue weighted by Gasteiger charge is -2.29. The number of furan rings is 2. The summed E-state index contributed by atoms with van der Waals surface area (Å²) >= 11 is 0. The minimum atomic E-state index is 0.880. The molecule has 7 aromatic rings. The molecule has 0 bridgehead atoms. The van der Waals surface area contributed by atoms with Gasteiger partial charge < -0.3 is 18.6 Å². The van der Waals surface area contributed by atoms with Crippen molar-refractivity contribution in [3.63, 3.8) is 0 Å². The minimum Gasteiger partial charge on any atom is -0.456 e. The van der Waals surface area contributed by atoms with Gasteiger partial charge in [0.1, 0.15) is 22.3 Å². The van der Waals surface area contributed by atoms with Crippen LogP contribution in [0.4, 0.5) is 11.4 Å². The molecule has 0 atom stereocenters. The molecule has 2 saturated heterocycles. The molecule has 0 N–H and O–H groups in total. The fourth-order valence-electron chi connectivity index (χ4n) is 7.25. The van der Waals surface area contributed by atoms with Crippen LogP contribution in [0.15, 0.2) is 81.6 Å². The Labute approximate surface area is 232 Å². The summed E-state index contributed by atoms with van der Waals surface area (Å²) in [6.45, 7) is 4.60. The number of benzene rings is 5. The highest BCUT2D eigenvalue weighted by molar-refractivity contribution is 6.24. The second kappa shape index (κ2) is 8.66. The van der Waals surface area contributed by atoms with Crippen molar-refractivity contribution in [1.82, 2.24) is 0 Å². The Morgan fingerprint density at radius 2 is 1.00 bits per heavy atom. The zero-order valence-electron chi connectivity index (χ0n) is 22.7. The van der Waals surface area contributed by atoms with Gasteiger partial charge in [-0.15, -0.1) is 0 Å². The van der Waals surface area contributed by atoms with E-state index in [1.54, 1.807) is 0 Å². The van der Waals surface area contributed by atoms with Gasteiger partial charge in [0.15, 0.2) is 0 Å². The van der Waals surface area contributed by atoms with E-state index in [0.717, 1.165) is 70.1 Å². The van der Waals surface area contributed by atoms with Gasteiger partial charge >= 0.3 is 0 Å². The number of hydrogen-bond donors (Lipinski definition) is 0. The summed E-state index contributed by atoms with van der Waals surface area (Å²) in [6, 6.07) is 27.0. The fraction of sp³-hybridized carbons (Fsp3) is 0.278. The Morgan fingerprint density at radius 1 is 0.425 bits per heavy atom. The number of nitrogens with zero attached hydrogens (tertiary/aromatic N) is 2. The van der Waals surface area contributed by atoms with Crippen LogP contribution < -0.4 is 9.80 Å². The Balaban J connectivity index is 1.21. The summed E-state index contributed by atoms with van der Waals surface area (Å²) in [5.41, 5.74) is 6.29. The van der Waals surface area contributed by atoms with Gasteiger partial charge in [-0.2, -0.15) is 0 Å². The topological polar surface area (TPSA) is 32.8 Å². The lowest BCUT2D eigenvalue weighted by atomic mass is 10.0. The molecule has 4 heteroatoms. The van der Waals surface area contributed by atoms with E-state index in [-0.39, 0.29) is 0 Å². The third-order valence-electron chi connectivity index (χ3n) is 9.40. The third-order valence-corrected chi connectivity index (χ3v) is 9.40. The van der Waals surface area contributed by atoms with Crippen molar-refractivity contribution in [2.24, 2.45) is 0 Å². The molecule has 2 aromatic heterocycles. The van der Waals surface area contributed by atoms with Gasteiger partial charge in [-0.25, -0.2) is 0 Å². The first kappa shape index (κ1) is 22.6. The highest BCUT2D eigenvalue weighted by atomic mass is 16.3. The van der Waals surface area contributed by atoms with Crippen LogP contribution in [0.3, 0.4) is 0 Å². The zero-order valence-corrected chi connectivity index (χ0v) is 22.7. The fourth-order valence-corrected chi connectivity index (χ4v) is 7.25. The summed E-state index contributed by atoms with van der Waals surface area (Å²) in [7, 11) is 0. The van der Waals surface area contributed by atoms with Crippen molar-refractivity contribution in [3.05, 3.63) is 72.8 Å². The van der Waals surface area contributed by atoms with E-state index >= 15 is 0 Å². The molecule has 4 heterocycles. The van der Waals surface area contributed by atoms with E-state index in [1.807, 2.05) is 0 Å². The van der Waals surface area contributed by atoms with Crippen LogP contribution >= 0.6 is 0 Å². The van der Waals surface area contributed by atoms with E-state index in [0.29, 0.717) is 0 Å². The molecule has 0 spiro atoms. The first-order valence-corrected chi connectivity index (χ1v) is 15.0. The summed E-state index contributed by atoms with van der Waals surface area (Å²) in [5.74, 6) is 0. The molecule has 198 valence electrons. The number of rotatable bonds is 2. The molecule has 0 saturated carbocycles. The van der Waals surface area contributed by atoms with Crippen molar-refractivity contribution in [1.29, 1.82) is 0 Å². The number of fused-ring (bicyclic) bond motifs is 9. The molecule has 0 aliphatic carbocycles. The zero-order chi connectivity index (χ0) is 26.2. The quantitative estimate of drug-likeness (QED) is 0.225. The maximum Gasteiger partial charge on any atom is 0.147 e. The Kier molecular flexibility index (Phi) is 4.90. The Morgan fingerprint density at radius 3 is 1.62 bits per heavy atom. The monoisotopic (exact) mass is 524 g/mol. The van der Waals surface area contributed by atoms with E-state index in [1.165, 1.54) is 71.4 Å². The highest BCUT2D eigenvalue weighted by Crippen LogP contribution is 2.42. The molecular weight excluding hydrogens is 492 g/mol. The summed E-state index contributed by atoms with van der Waals surface area (Å²) in [4.78, 5) is 5.04. The number of piperidine rings is 2. The van der Waals surface area contributed by atoms with Crippen molar-refractivity contribution >= 4 is 76.8 Å². The van der Waals surface area contributed by atoms with E-state index < -0.39 is 0 Å². The summed E-state index contributed by atoms with van der Waals surface area (Å²) < 4.78 is 13.1. The van der Waals surface area contributed by atoms with Gasteiger partial charge in [-0.05, 0) is 121 Å². The van der Waals surface area contributed by atoms with Crippen LogP contribution in [0.5, 0.6) is 0 Å². The minimum absolute atomic E-state index is 0.880. The van der Waals surface area contributed by atoms with Crippen LogP contribution in [-0.2, 0) is 0 Å². The van der Waals surface area contributed by atoms with Crippen molar-refractivity contribution in [2.45, 2.75) is 38.5 Å². The predicted molar refractivity (Wildman–Crippen MR) is 168 cm³/mol. The number of hydrogen-bond acceptors (Lipinski definition) is 4. The van der Waals surface area contributed by atoms with Gasteiger partial charge in [0.05, 0.1) is 5.39 Å². The first-order chi connectivity index (χ1) is 19.8. The Bertz CT molecular complexity index is 2090. The Hall–Kier alpha value is -4.18. The molecular formula is C36H32N2O2. The van der Waals surface area contributed by atoms with Crippen LogP contribution in [0.25, 0.3) is 65.4 Å². The lowest BCUT2D eigenvalue weighted by molar-refractivity contribution is 0.578. The highest BCUT2D eigenvalue weighted by Gasteiger charge is 2.19. The average Bonchev–Trinajstić information content (AvgIpc) is 3.56. The van der Waals surface area contributed by atoms with Crippen LogP contribution in [0.2, 0.25) is 0 Å². The van der Waals surface area contributed by atoms with Gasteiger partial charge in [0.2, 0.25) is 0 Å². The molecule has 40 heavy (non-hydrogen) atoms. The normalized spacial score (nSPS) is 16.9. The van der Waals surface area contributed by atoms with Gasteiger partial charge in [0.25, 0.3) is 0 Å². The van der Waals surface area contributed by atoms with Crippen molar-refractivity contribution in [2.75, 3.05) is 36.0 Å². The molecule has 5 aromatic carbocycles. The van der Waals surface area contributed by atoms with Crippen molar-refractivity contribution < 1.29 is 8.83 Å². The molecule has 2 fully saturated rings. The number of anilines is 2. The van der Waals surface area contributed by atoms with Gasteiger partial charge in [0, 0.05) is 53.7 Å². The summed E-state index contributed by atoms with van der Waals surface area (Å²) in [5, 5.41) is 9.45. The van der Waals surface area contributed by atoms with E-state index in [4.69, 9.17) is 8.83 Å². The smallest absolute Gasteiger partial charge is 0.147 e. The van der Waals surface area contributed by atoms with Crippen molar-refractivity contribution in [3.8, 4) is 0 Å². The van der Waals surface area contributed by atoms with Crippen LogP contribution in [-0.4, -0.2) is 26.2 Å². The second-order valence-corrected chi connectivity index (χ2v) is 11.9. The molecule has 2 aliphatic rings. The largest absolute Gasteiger partial charge is 0.456 e. The average molecular weight is 525 g/mol. The molecule has 4 nitrogen and oxygen atoms in total. The molecule has 0 radical (unpaired) electrons. The van der Waals surface area contributed by atoms with E-state index in [2.05, 4.69) is 82.6 Å². The van der Waals surface area contributed by atoms with Gasteiger partial charge in [-0.1, -0.05) is 12.1 Å². The SMILES string of the molecule is c1cc2cc3c(cc2cc1N1CCCCC1)oc1c3ccc2oc3cc4cc(N5CCCCC5)ccc4cc3c21. The van der Waals surface area contributed by atoms with E-state index in [9.17, 15) is 0 Å². The molecule has 0 amide bonds. The maximum atomic E-state index is 6.66. The third kappa shape index (κ3) is 3.45. The maximum absolute atomic E-state index is 6.66. The van der Waals surface area contributed by atoms with Crippen LogP contribution in [0, 0.1) is 0 Å².